The van der Waals surface area contributed by atoms with Crippen LogP contribution < -0.4 is 14.8 Å². The lowest BCUT2D eigenvalue weighted by molar-refractivity contribution is 0.392. The van der Waals surface area contributed by atoms with Crippen LogP contribution in [-0.2, 0) is 7.05 Å². The van der Waals surface area contributed by atoms with Crippen molar-refractivity contribution in [1.29, 1.82) is 0 Å². The smallest absolute Gasteiger partial charge is 0.171 e. The Morgan fingerprint density at radius 3 is 2.43 bits per heavy atom. The van der Waals surface area contributed by atoms with Gasteiger partial charge in [0.05, 0.1) is 18.4 Å². The first-order valence-electron chi connectivity index (χ1n) is 7.01. The molecule has 2 aromatic rings. The quantitative estimate of drug-likeness (QED) is 0.918. The third-order valence-corrected chi connectivity index (χ3v) is 3.77. The lowest BCUT2D eigenvalue weighted by Crippen LogP contribution is -2.14. The standard InChI is InChI=1S/C16H23N3O2/c1-10(17-4)15-13(20-6)8-7-9-14(15)21-16-11(2)18-19(5)12(16)3/h7-10,17H,1-6H3. The molecule has 5 heteroatoms. The summed E-state index contributed by atoms with van der Waals surface area (Å²) in [6.45, 7) is 6.02. The zero-order valence-corrected chi connectivity index (χ0v) is 13.5. The van der Waals surface area contributed by atoms with Crippen LogP contribution in [0.4, 0.5) is 0 Å². The summed E-state index contributed by atoms with van der Waals surface area (Å²) in [5, 5.41) is 7.62. The van der Waals surface area contributed by atoms with E-state index in [-0.39, 0.29) is 6.04 Å². The molecule has 0 radical (unpaired) electrons. The van der Waals surface area contributed by atoms with Crippen LogP contribution in [0.25, 0.3) is 0 Å². The van der Waals surface area contributed by atoms with E-state index in [4.69, 9.17) is 9.47 Å². The summed E-state index contributed by atoms with van der Waals surface area (Å²) in [6.07, 6.45) is 0. The molecule has 1 heterocycles. The SMILES string of the molecule is CNC(C)c1c(OC)cccc1Oc1c(C)nn(C)c1C. The predicted molar refractivity (Wildman–Crippen MR) is 83.2 cm³/mol. The first kappa shape index (κ1) is 15.4. The van der Waals surface area contributed by atoms with Gasteiger partial charge in [-0.2, -0.15) is 5.10 Å². The van der Waals surface area contributed by atoms with Crippen LogP contribution in [0.1, 0.15) is 29.9 Å². The fraction of sp³-hybridized carbons (Fsp3) is 0.438. The zero-order valence-electron chi connectivity index (χ0n) is 13.5. The Labute approximate surface area is 125 Å². The second-order valence-electron chi connectivity index (χ2n) is 5.11. The molecule has 0 aliphatic heterocycles. The second-order valence-corrected chi connectivity index (χ2v) is 5.11. The van der Waals surface area contributed by atoms with Gasteiger partial charge >= 0.3 is 0 Å². The maximum absolute atomic E-state index is 6.15. The van der Waals surface area contributed by atoms with Crippen LogP contribution >= 0.6 is 0 Å². The summed E-state index contributed by atoms with van der Waals surface area (Å²) in [4.78, 5) is 0. The number of hydrogen-bond acceptors (Lipinski definition) is 4. The predicted octanol–water partition coefficient (Wildman–Crippen LogP) is 3.12. The van der Waals surface area contributed by atoms with Crippen molar-refractivity contribution in [3.63, 3.8) is 0 Å². The van der Waals surface area contributed by atoms with E-state index in [0.717, 1.165) is 34.2 Å². The topological polar surface area (TPSA) is 48.3 Å². The zero-order chi connectivity index (χ0) is 15.6. The molecule has 0 amide bonds. The average Bonchev–Trinajstić information content (AvgIpc) is 2.72. The molecular weight excluding hydrogens is 266 g/mol. The van der Waals surface area contributed by atoms with Crippen molar-refractivity contribution in [3.05, 3.63) is 35.2 Å². The highest BCUT2D eigenvalue weighted by molar-refractivity contribution is 5.49. The fourth-order valence-electron chi connectivity index (χ4n) is 2.37. The molecule has 1 atom stereocenters. The summed E-state index contributed by atoms with van der Waals surface area (Å²) in [5.74, 6) is 2.40. The third kappa shape index (κ3) is 2.88. The second kappa shape index (κ2) is 6.18. The van der Waals surface area contributed by atoms with Crippen LogP contribution in [0.2, 0.25) is 0 Å². The minimum absolute atomic E-state index is 0.119. The van der Waals surface area contributed by atoms with Gasteiger partial charge in [0.25, 0.3) is 0 Å². The number of methoxy groups -OCH3 is 1. The highest BCUT2D eigenvalue weighted by Gasteiger charge is 2.19. The maximum Gasteiger partial charge on any atom is 0.171 e. The highest BCUT2D eigenvalue weighted by Crippen LogP contribution is 2.38. The molecule has 0 aliphatic rings. The molecule has 0 spiro atoms. The Kier molecular flexibility index (Phi) is 4.53. The number of rotatable bonds is 5. The van der Waals surface area contributed by atoms with Crippen molar-refractivity contribution >= 4 is 0 Å². The van der Waals surface area contributed by atoms with Gasteiger partial charge in [0.2, 0.25) is 0 Å². The van der Waals surface area contributed by atoms with E-state index >= 15 is 0 Å². The van der Waals surface area contributed by atoms with E-state index in [0.29, 0.717) is 0 Å². The molecule has 1 N–H and O–H groups in total. The number of benzene rings is 1. The van der Waals surface area contributed by atoms with E-state index in [1.165, 1.54) is 0 Å². The summed E-state index contributed by atoms with van der Waals surface area (Å²) < 4.78 is 13.5. The molecule has 0 saturated heterocycles. The molecule has 114 valence electrons. The Morgan fingerprint density at radius 1 is 1.24 bits per heavy atom. The van der Waals surface area contributed by atoms with Crippen LogP contribution in [0, 0.1) is 13.8 Å². The van der Waals surface area contributed by atoms with Gasteiger partial charge in [-0.25, -0.2) is 0 Å². The van der Waals surface area contributed by atoms with Crippen molar-refractivity contribution in [2.75, 3.05) is 14.2 Å². The van der Waals surface area contributed by atoms with Crippen molar-refractivity contribution in [1.82, 2.24) is 15.1 Å². The van der Waals surface area contributed by atoms with E-state index in [9.17, 15) is 0 Å². The number of nitrogens with zero attached hydrogens (tertiary/aromatic N) is 2. The third-order valence-electron chi connectivity index (χ3n) is 3.77. The van der Waals surface area contributed by atoms with Gasteiger partial charge in [0.15, 0.2) is 5.75 Å². The molecule has 0 aliphatic carbocycles. The number of ether oxygens (including phenoxy) is 2. The highest BCUT2D eigenvalue weighted by atomic mass is 16.5. The number of nitrogens with one attached hydrogen (secondary N) is 1. The van der Waals surface area contributed by atoms with Crippen LogP contribution in [-0.4, -0.2) is 23.9 Å². The normalized spacial score (nSPS) is 12.3. The molecular formula is C16H23N3O2. The molecule has 2 rings (SSSR count). The summed E-state index contributed by atoms with van der Waals surface area (Å²) in [5.41, 5.74) is 2.88. The molecule has 21 heavy (non-hydrogen) atoms. The Morgan fingerprint density at radius 2 is 1.90 bits per heavy atom. The molecule has 1 aromatic carbocycles. The summed E-state index contributed by atoms with van der Waals surface area (Å²) >= 11 is 0. The number of aromatic nitrogens is 2. The molecule has 5 nitrogen and oxygen atoms in total. The minimum Gasteiger partial charge on any atom is -0.496 e. The van der Waals surface area contributed by atoms with Crippen molar-refractivity contribution in [2.24, 2.45) is 7.05 Å². The monoisotopic (exact) mass is 289 g/mol. The Hall–Kier alpha value is -2.01. The molecule has 0 fully saturated rings. The van der Waals surface area contributed by atoms with Gasteiger partial charge < -0.3 is 14.8 Å². The van der Waals surface area contributed by atoms with Gasteiger partial charge in [-0.3, -0.25) is 4.68 Å². The molecule has 1 unspecified atom stereocenters. The van der Waals surface area contributed by atoms with E-state index < -0.39 is 0 Å². The fourth-order valence-corrected chi connectivity index (χ4v) is 2.37. The van der Waals surface area contributed by atoms with Gasteiger partial charge in [0, 0.05) is 13.1 Å². The molecule has 0 saturated carbocycles. The van der Waals surface area contributed by atoms with Crippen molar-refractivity contribution in [2.45, 2.75) is 26.8 Å². The Balaban J connectivity index is 2.49. The first-order valence-corrected chi connectivity index (χ1v) is 7.01. The van der Waals surface area contributed by atoms with E-state index in [1.807, 2.05) is 50.8 Å². The lowest BCUT2D eigenvalue weighted by atomic mass is 10.1. The van der Waals surface area contributed by atoms with Crippen LogP contribution in [0.5, 0.6) is 17.2 Å². The van der Waals surface area contributed by atoms with Crippen molar-refractivity contribution in [3.8, 4) is 17.2 Å². The number of aryl methyl sites for hydroxylation is 2. The number of hydrogen-bond donors (Lipinski definition) is 1. The summed E-state index contributed by atoms with van der Waals surface area (Å²) in [7, 11) is 5.50. The van der Waals surface area contributed by atoms with Crippen LogP contribution in [0.15, 0.2) is 18.2 Å². The van der Waals surface area contributed by atoms with Gasteiger partial charge in [0.1, 0.15) is 17.2 Å². The Bertz CT molecular complexity index is 635. The average molecular weight is 289 g/mol. The van der Waals surface area contributed by atoms with E-state index in [1.54, 1.807) is 7.11 Å². The summed E-state index contributed by atoms with van der Waals surface area (Å²) in [6, 6.07) is 5.95. The lowest BCUT2D eigenvalue weighted by Gasteiger charge is -2.19. The van der Waals surface area contributed by atoms with Gasteiger partial charge in [-0.05, 0) is 40.0 Å². The van der Waals surface area contributed by atoms with Gasteiger partial charge in [-0.15, -0.1) is 0 Å². The maximum atomic E-state index is 6.15. The molecule has 0 bridgehead atoms. The van der Waals surface area contributed by atoms with Crippen LogP contribution in [0.3, 0.4) is 0 Å². The van der Waals surface area contributed by atoms with Gasteiger partial charge in [-0.1, -0.05) is 6.07 Å². The first-order chi connectivity index (χ1) is 9.99. The largest absolute Gasteiger partial charge is 0.496 e. The molecule has 1 aromatic heterocycles. The minimum atomic E-state index is 0.119. The van der Waals surface area contributed by atoms with E-state index in [2.05, 4.69) is 17.3 Å². The van der Waals surface area contributed by atoms with Crippen molar-refractivity contribution < 1.29 is 9.47 Å².